The van der Waals surface area contributed by atoms with Gasteiger partial charge in [0.2, 0.25) is 13.1 Å². The smallest absolute Gasteiger partial charge is 0.311 e. The summed E-state index contributed by atoms with van der Waals surface area (Å²) in [5.41, 5.74) is -0.537. The molecule has 0 unspecified atom stereocenters. The third-order valence-corrected chi connectivity index (χ3v) is 1.54. The largest absolute Gasteiger partial charge is 0.458 e. The zero-order valence-electron chi connectivity index (χ0n) is 8.95. The van der Waals surface area contributed by atoms with Crippen LogP contribution in [0.2, 0.25) is 0 Å². The Hall–Kier alpha value is -0.970. The molecule has 0 aromatic heterocycles. The molecule has 0 aliphatic rings. The van der Waals surface area contributed by atoms with E-state index in [1.54, 1.807) is 20.8 Å². The molecule has 5 heteroatoms. The van der Waals surface area contributed by atoms with Crippen molar-refractivity contribution in [1.29, 1.82) is 0 Å². The van der Waals surface area contributed by atoms with Gasteiger partial charge in [-0.15, -0.1) is 0 Å². The third kappa shape index (κ3) is 5.64. The van der Waals surface area contributed by atoms with Crippen molar-refractivity contribution in [2.24, 2.45) is 5.41 Å². The molecule has 1 N–H and O–H groups in total. The van der Waals surface area contributed by atoms with E-state index in [4.69, 9.17) is 9.84 Å². The number of rotatable bonds is 5. The molecule has 0 rings (SSSR count). The van der Waals surface area contributed by atoms with Crippen molar-refractivity contribution in [3.63, 3.8) is 0 Å². The average Bonchev–Trinajstić information content (AvgIpc) is 2.02. The van der Waals surface area contributed by atoms with Gasteiger partial charge < -0.3 is 9.84 Å². The van der Waals surface area contributed by atoms with Gasteiger partial charge in [0.15, 0.2) is 6.61 Å². The number of carbonyl (C=O) groups is 1. The Morgan fingerprint density at radius 1 is 1.36 bits per heavy atom. The normalized spacial score (nSPS) is 11.1. The van der Waals surface area contributed by atoms with Gasteiger partial charge in [-0.1, -0.05) is 0 Å². The average molecular weight is 204 g/mol. The fraction of sp³-hybridized carbons (Fsp3) is 0.889. The molecule has 0 amide bonds. The van der Waals surface area contributed by atoms with Crippen molar-refractivity contribution < 1.29 is 19.4 Å². The number of esters is 1. The number of ether oxygens (including phenoxy) is 1. The Balaban J connectivity index is 3.65. The summed E-state index contributed by atoms with van der Waals surface area (Å²) in [6.45, 7) is 5.28. The molecule has 5 nitrogen and oxygen atoms in total. The van der Waals surface area contributed by atoms with Crippen LogP contribution in [-0.2, 0) is 9.53 Å². The van der Waals surface area contributed by atoms with Crippen LogP contribution in [0.15, 0.2) is 0 Å². The number of nitrogens with zero attached hydrogens (tertiary/aromatic N) is 1. The lowest BCUT2D eigenvalue weighted by molar-refractivity contribution is -0.552. The number of carbonyl (C=O) groups excluding carboxylic acids is 1. The zero-order chi connectivity index (χ0) is 11.2. The van der Waals surface area contributed by atoms with Crippen molar-refractivity contribution in [1.82, 2.24) is 0 Å². The molecule has 0 spiro atoms. The first-order valence-electron chi connectivity index (χ1n) is 4.58. The fourth-order valence-electron chi connectivity index (χ4n) is 0.680. The summed E-state index contributed by atoms with van der Waals surface area (Å²) in [4.78, 5) is 22.1. The zero-order valence-corrected chi connectivity index (χ0v) is 8.95. The maximum atomic E-state index is 11.2. The van der Waals surface area contributed by atoms with Crippen LogP contribution >= 0.6 is 0 Å². The molecule has 14 heavy (non-hydrogen) atoms. The molecule has 0 heterocycles. The highest BCUT2D eigenvalue weighted by Crippen LogP contribution is 2.14. The number of hydrogen-bond donors (Lipinski definition) is 1. The van der Waals surface area contributed by atoms with Crippen LogP contribution in [0.5, 0.6) is 0 Å². The lowest BCUT2D eigenvalue weighted by Crippen LogP contribution is -2.26. The van der Waals surface area contributed by atoms with Crippen molar-refractivity contribution in [2.45, 2.75) is 20.8 Å². The number of aliphatic hydroxyl groups is 1. The Morgan fingerprint density at radius 3 is 2.36 bits per heavy atom. The fourth-order valence-corrected chi connectivity index (χ4v) is 0.680. The van der Waals surface area contributed by atoms with Gasteiger partial charge in [-0.05, 0) is 20.8 Å². The monoisotopic (exact) mass is 204 g/mol. The quantitative estimate of drug-likeness (QED) is 0.518. The van der Waals surface area contributed by atoms with E-state index in [0.717, 1.165) is 0 Å². The molecule has 0 aromatic rings. The molecular formula is C9H18NO4+. The highest BCUT2D eigenvalue weighted by molar-refractivity contribution is 5.75. The van der Waals surface area contributed by atoms with E-state index in [1.165, 1.54) is 0 Å². The minimum absolute atomic E-state index is 0.0487. The van der Waals surface area contributed by atoms with Crippen molar-refractivity contribution >= 4 is 5.97 Å². The second kappa shape index (κ2) is 5.70. The predicted octanol–water partition coefficient (Wildman–Crippen LogP) is 0.347. The summed E-state index contributed by atoms with van der Waals surface area (Å²) < 4.78 is 5.52. The van der Waals surface area contributed by atoms with Crippen molar-refractivity contribution in [2.75, 3.05) is 26.3 Å². The molecule has 0 aliphatic heterocycles. The van der Waals surface area contributed by atoms with Crippen LogP contribution in [0.4, 0.5) is 0 Å². The number of nitroso groups, excluding NO2 is 1. The Bertz CT molecular complexity index is 207. The van der Waals surface area contributed by atoms with Gasteiger partial charge in [0.25, 0.3) is 0 Å². The van der Waals surface area contributed by atoms with E-state index >= 15 is 0 Å². The van der Waals surface area contributed by atoms with E-state index in [2.05, 4.69) is 0 Å². The van der Waals surface area contributed by atoms with Crippen LogP contribution < -0.4 is 0 Å². The first-order chi connectivity index (χ1) is 6.38. The van der Waals surface area contributed by atoms with Crippen molar-refractivity contribution in [3.8, 4) is 0 Å². The third-order valence-electron chi connectivity index (χ3n) is 1.54. The predicted molar refractivity (Wildman–Crippen MR) is 50.9 cm³/mol. The van der Waals surface area contributed by atoms with Gasteiger partial charge in [-0.2, -0.15) is 0 Å². The van der Waals surface area contributed by atoms with Crippen molar-refractivity contribution in [3.05, 3.63) is 4.91 Å². The first kappa shape index (κ1) is 13.0. The Kier molecular flexibility index (Phi) is 5.30. The Morgan fingerprint density at radius 2 is 1.93 bits per heavy atom. The van der Waals surface area contributed by atoms with E-state index in [1.807, 2.05) is 0 Å². The number of aliphatic hydroxyl groups excluding tert-OH is 1. The lowest BCUT2D eigenvalue weighted by Gasteiger charge is -2.15. The molecule has 0 aliphatic carbocycles. The number of hydrogen-bond acceptors (Lipinski definition) is 4. The minimum Gasteiger partial charge on any atom is -0.458 e. The van der Waals surface area contributed by atoms with Crippen LogP contribution in [-0.4, -0.2) is 42.1 Å². The maximum absolute atomic E-state index is 11.2. The van der Waals surface area contributed by atoms with Gasteiger partial charge in [-0.25, -0.2) is 0 Å². The topological polar surface area (TPSA) is 66.6 Å². The molecule has 0 aromatic carbocycles. The van der Waals surface area contributed by atoms with Crippen LogP contribution in [0.1, 0.15) is 20.8 Å². The van der Waals surface area contributed by atoms with Crippen LogP contribution in [0.3, 0.4) is 0 Å². The minimum atomic E-state index is -0.537. The molecule has 0 bridgehead atoms. The van der Waals surface area contributed by atoms with E-state index in [9.17, 15) is 9.70 Å². The summed E-state index contributed by atoms with van der Waals surface area (Å²) in [6.07, 6.45) is 0. The molecule has 0 saturated carbocycles. The highest BCUT2D eigenvalue weighted by Gasteiger charge is 2.23. The summed E-state index contributed by atoms with van der Waals surface area (Å²) >= 11 is 0. The summed E-state index contributed by atoms with van der Waals surface area (Å²) in [5, 5.41) is 8.43. The second-order valence-corrected chi connectivity index (χ2v) is 4.04. The standard InChI is InChI=1S/C9H18NO4/c1-9(2,3)8(12)14-7-5-10(13)4-6-11/h11H,4-7H2,1-3H3/q+1. The molecule has 82 valence electrons. The summed E-state index contributed by atoms with van der Waals surface area (Å²) in [5.74, 6) is -0.324. The molecule has 0 fully saturated rings. The Labute approximate surface area is 83.6 Å². The van der Waals surface area contributed by atoms with E-state index in [-0.39, 0.29) is 32.3 Å². The highest BCUT2D eigenvalue weighted by atomic mass is 16.5. The lowest BCUT2D eigenvalue weighted by atomic mass is 9.97. The maximum Gasteiger partial charge on any atom is 0.311 e. The van der Waals surface area contributed by atoms with Gasteiger partial charge in [-0.3, -0.25) is 4.79 Å². The van der Waals surface area contributed by atoms with Crippen LogP contribution in [0.25, 0.3) is 0 Å². The van der Waals surface area contributed by atoms with E-state index in [0.29, 0.717) is 4.76 Å². The second-order valence-electron chi connectivity index (χ2n) is 4.04. The van der Waals surface area contributed by atoms with Gasteiger partial charge >= 0.3 is 5.97 Å². The molecule has 0 radical (unpaired) electrons. The summed E-state index contributed by atoms with van der Waals surface area (Å²) in [7, 11) is 0. The van der Waals surface area contributed by atoms with Gasteiger partial charge in [0.1, 0.15) is 6.61 Å². The van der Waals surface area contributed by atoms with Gasteiger partial charge in [0, 0.05) is 9.67 Å². The van der Waals surface area contributed by atoms with Crippen LogP contribution in [0, 0.1) is 10.3 Å². The SMILES string of the molecule is CC(C)(C)C(=O)OCC[N+](=O)CCO. The molecule has 0 atom stereocenters. The molecular weight excluding hydrogens is 186 g/mol. The summed E-state index contributed by atoms with van der Waals surface area (Å²) in [6, 6.07) is 0. The van der Waals surface area contributed by atoms with Gasteiger partial charge in [0.05, 0.1) is 5.41 Å². The van der Waals surface area contributed by atoms with E-state index < -0.39 is 5.41 Å². The first-order valence-corrected chi connectivity index (χ1v) is 4.58. The molecule has 0 saturated heterocycles.